The van der Waals surface area contributed by atoms with Gasteiger partial charge < -0.3 is 10.2 Å². The van der Waals surface area contributed by atoms with Crippen molar-refractivity contribution in [1.82, 2.24) is 20.0 Å². The topological polar surface area (TPSA) is 50.2 Å². The Labute approximate surface area is 153 Å². The SMILES string of the molecule is CN(C(=O)c1ccc(Cn2ncc3ccccc32)cc1)C1CCNCC1. The van der Waals surface area contributed by atoms with Crippen molar-refractivity contribution in [2.24, 2.45) is 0 Å². The van der Waals surface area contributed by atoms with Crippen LogP contribution < -0.4 is 5.32 Å². The van der Waals surface area contributed by atoms with Gasteiger partial charge in [0, 0.05) is 24.0 Å². The van der Waals surface area contributed by atoms with Crippen molar-refractivity contribution in [1.29, 1.82) is 0 Å². The zero-order chi connectivity index (χ0) is 17.9. The average Bonchev–Trinajstić information content (AvgIpc) is 3.11. The van der Waals surface area contributed by atoms with Crippen LogP contribution in [0.5, 0.6) is 0 Å². The Morgan fingerprint density at radius 2 is 1.88 bits per heavy atom. The fraction of sp³-hybridized carbons (Fsp3) is 0.333. The van der Waals surface area contributed by atoms with Crippen molar-refractivity contribution < 1.29 is 4.79 Å². The smallest absolute Gasteiger partial charge is 0.253 e. The van der Waals surface area contributed by atoms with Crippen LogP contribution in [0.15, 0.2) is 54.7 Å². The minimum Gasteiger partial charge on any atom is -0.339 e. The molecule has 1 aliphatic rings. The first-order chi connectivity index (χ1) is 12.7. The van der Waals surface area contributed by atoms with Crippen molar-refractivity contribution in [3.8, 4) is 0 Å². The minimum atomic E-state index is 0.105. The largest absolute Gasteiger partial charge is 0.339 e. The first kappa shape index (κ1) is 16.8. The maximum Gasteiger partial charge on any atom is 0.253 e. The Morgan fingerprint density at radius 1 is 1.15 bits per heavy atom. The van der Waals surface area contributed by atoms with Gasteiger partial charge in [-0.05, 0) is 49.7 Å². The van der Waals surface area contributed by atoms with Crippen molar-refractivity contribution in [3.63, 3.8) is 0 Å². The van der Waals surface area contributed by atoms with Crippen LogP contribution in [-0.2, 0) is 6.54 Å². The van der Waals surface area contributed by atoms with E-state index in [4.69, 9.17) is 0 Å². The number of hydrogen-bond acceptors (Lipinski definition) is 3. The molecule has 1 saturated heterocycles. The van der Waals surface area contributed by atoms with Gasteiger partial charge in [0.05, 0.1) is 18.3 Å². The van der Waals surface area contributed by atoms with E-state index >= 15 is 0 Å². The molecule has 5 heteroatoms. The molecule has 2 aromatic carbocycles. The Kier molecular flexibility index (Phi) is 4.71. The van der Waals surface area contributed by atoms with Gasteiger partial charge >= 0.3 is 0 Å². The third-order valence-electron chi connectivity index (χ3n) is 5.26. The van der Waals surface area contributed by atoms with E-state index in [0.29, 0.717) is 12.6 Å². The van der Waals surface area contributed by atoms with E-state index in [1.165, 1.54) is 0 Å². The summed E-state index contributed by atoms with van der Waals surface area (Å²) in [6, 6.07) is 16.4. The number of nitrogens with one attached hydrogen (secondary N) is 1. The number of aromatic nitrogens is 2. The highest BCUT2D eigenvalue weighted by Crippen LogP contribution is 2.17. The van der Waals surface area contributed by atoms with Gasteiger partial charge in [0.15, 0.2) is 0 Å². The molecule has 134 valence electrons. The molecule has 0 spiro atoms. The van der Waals surface area contributed by atoms with Gasteiger partial charge in [0.1, 0.15) is 0 Å². The van der Waals surface area contributed by atoms with Crippen LogP contribution in [0.2, 0.25) is 0 Å². The van der Waals surface area contributed by atoms with Gasteiger partial charge in [-0.15, -0.1) is 0 Å². The Bertz CT molecular complexity index is 894. The van der Waals surface area contributed by atoms with Crippen molar-refractivity contribution in [2.75, 3.05) is 20.1 Å². The van der Waals surface area contributed by atoms with Crippen LogP contribution >= 0.6 is 0 Å². The number of benzene rings is 2. The number of carbonyl (C=O) groups excluding carboxylic acids is 1. The maximum absolute atomic E-state index is 12.7. The number of rotatable bonds is 4. The second-order valence-electron chi connectivity index (χ2n) is 6.96. The molecule has 0 bridgehead atoms. The molecule has 1 amide bonds. The van der Waals surface area contributed by atoms with E-state index in [1.807, 2.05) is 59.2 Å². The summed E-state index contributed by atoms with van der Waals surface area (Å²) >= 11 is 0. The van der Waals surface area contributed by atoms with Crippen LogP contribution in [0.25, 0.3) is 10.9 Å². The monoisotopic (exact) mass is 348 g/mol. The quantitative estimate of drug-likeness (QED) is 0.789. The first-order valence-corrected chi connectivity index (χ1v) is 9.20. The number of hydrogen-bond donors (Lipinski definition) is 1. The molecule has 2 heterocycles. The number of nitrogens with zero attached hydrogens (tertiary/aromatic N) is 3. The highest BCUT2D eigenvalue weighted by Gasteiger charge is 2.22. The molecule has 0 unspecified atom stereocenters. The van der Waals surface area contributed by atoms with Crippen LogP contribution in [0, 0.1) is 0 Å². The summed E-state index contributed by atoms with van der Waals surface area (Å²) in [5, 5.41) is 8.96. The molecule has 0 atom stereocenters. The zero-order valence-electron chi connectivity index (χ0n) is 15.1. The van der Waals surface area contributed by atoms with Crippen LogP contribution in [-0.4, -0.2) is 46.8 Å². The van der Waals surface area contributed by atoms with E-state index < -0.39 is 0 Å². The van der Waals surface area contributed by atoms with Crippen molar-refractivity contribution >= 4 is 16.8 Å². The number of fused-ring (bicyclic) bond motifs is 1. The van der Waals surface area contributed by atoms with E-state index in [9.17, 15) is 4.79 Å². The predicted molar refractivity (Wildman–Crippen MR) is 103 cm³/mol. The van der Waals surface area contributed by atoms with Gasteiger partial charge in [-0.2, -0.15) is 5.10 Å². The van der Waals surface area contributed by atoms with E-state index in [-0.39, 0.29) is 5.91 Å². The molecule has 0 aliphatic carbocycles. The predicted octanol–water partition coefficient (Wildman–Crippen LogP) is 2.91. The molecule has 0 radical (unpaired) electrons. The normalized spacial score (nSPS) is 15.3. The Hall–Kier alpha value is -2.66. The molecule has 4 rings (SSSR count). The first-order valence-electron chi connectivity index (χ1n) is 9.20. The van der Waals surface area contributed by atoms with E-state index in [0.717, 1.165) is 48.0 Å². The molecule has 0 saturated carbocycles. The minimum absolute atomic E-state index is 0.105. The lowest BCUT2D eigenvalue weighted by molar-refractivity contribution is 0.0703. The Morgan fingerprint density at radius 3 is 2.65 bits per heavy atom. The number of amides is 1. The molecule has 1 aliphatic heterocycles. The molecule has 1 fully saturated rings. The summed E-state index contributed by atoms with van der Waals surface area (Å²) in [6.07, 6.45) is 3.93. The highest BCUT2D eigenvalue weighted by atomic mass is 16.2. The summed E-state index contributed by atoms with van der Waals surface area (Å²) in [4.78, 5) is 14.6. The second kappa shape index (κ2) is 7.30. The van der Waals surface area contributed by atoms with Crippen LogP contribution in [0.3, 0.4) is 0 Å². The number of piperidine rings is 1. The number of para-hydroxylation sites is 1. The second-order valence-corrected chi connectivity index (χ2v) is 6.96. The lowest BCUT2D eigenvalue weighted by atomic mass is 10.0. The molecule has 5 nitrogen and oxygen atoms in total. The molecular weight excluding hydrogens is 324 g/mol. The van der Waals surface area contributed by atoms with E-state index in [2.05, 4.69) is 22.5 Å². The molecule has 1 aromatic heterocycles. The van der Waals surface area contributed by atoms with Crippen molar-refractivity contribution in [3.05, 3.63) is 65.9 Å². The zero-order valence-corrected chi connectivity index (χ0v) is 15.1. The summed E-state index contributed by atoms with van der Waals surface area (Å²) in [5.41, 5.74) is 3.01. The highest BCUT2D eigenvalue weighted by molar-refractivity contribution is 5.94. The summed E-state index contributed by atoms with van der Waals surface area (Å²) in [7, 11) is 1.92. The summed E-state index contributed by atoms with van der Waals surface area (Å²) in [5.74, 6) is 0.105. The number of carbonyl (C=O) groups is 1. The summed E-state index contributed by atoms with van der Waals surface area (Å²) in [6.45, 7) is 2.67. The summed E-state index contributed by atoms with van der Waals surface area (Å²) < 4.78 is 1.99. The lowest BCUT2D eigenvalue weighted by Gasteiger charge is -2.31. The third-order valence-corrected chi connectivity index (χ3v) is 5.26. The standard InChI is InChI=1S/C21H24N4O/c1-24(19-10-12-22-13-11-19)21(26)17-8-6-16(7-9-17)15-25-20-5-3-2-4-18(20)14-23-25/h2-9,14,19,22H,10-13,15H2,1H3. The van der Waals surface area contributed by atoms with Gasteiger partial charge in [0.25, 0.3) is 5.91 Å². The van der Waals surface area contributed by atoms with Crippen molar-refractivity contribution in [2.45, 2.75) is 25.4 Å². The van der Waals surface area contributed by atoms with Gasteiger partial charge in [-0.1, -0.05) is 30.3 Å². The van der Waals surface area contributed by atoms with Gasteiger partial charge in [-0.3, -0.25) is 9.48 Å². The molecular formula is C21H24N4O. The van der Waals surface area contributed by atoms with Crippen LogP contribution in [0.1, 0.15) is 28.8 Å². The lowest BCUT2D eigenvalue weighted by Crippen LogP contribution is -2.43. The maximum atomic E-state index is 12.7. The molecule has 26 heavy (non-hydrogen) atoms. The molecule has 1 N–H and O–H groups in total. The average molecular weight is 348 g/mol. The van der Waals surface area contributed by atoms with Crippen LogP contribution in [0.4, 0.5) is 0 Å². The fourth-order valence-electron chi connectivity index (χ4n) is 3.64. The third kappa shape index (κ3) is 3.35. The Balaban J connectivity index is 1.47. The van der Waals surface area contributed by atoms with E-state index in [1.54, 1.807) is 0 Å². The molecule has 3 aromatic rings. The fourth-order valence-corrected chi connectivity index (χ4v) is 3.64. The van der Waals surface area contributed by atoms with Gasteiger partial charge in [0.2, 0.25) is 0 Å². The van der Waals surface area contributed by atoms with Gasteiger partial charge in [-0.25, -0.2) is 0 Å².